The van der Waals surface area contributed by atoms with E-state index in [1.165, 1.54) is 11.3 Å². The monoisotopic (exact) mass is 378 g/mol. The van der Waals surface area contributed by atoms with Crippen molar-refractivity contribution in [3.8, 4) is 0 Å². The first-order valence-corrected chi connectivity index (χ1v) is 7.11. The van der Waals surface area contributed by atoms with Crippen LogP contribution in [-0.2, 0) is 0 Å². The molecular weight excluding hydrogens is 375 g/mol. The summed E-state index contributed by atoms with van der Waals surface area (Å²) in [7, 11) is 0. The van der Waals surface area contributed by atoms with Crippen LogP contribution >= 0.6 is 54.8 Å². The highest BCUT2D eigenvalue weighted by molar-refractivity contribution is 9.11. The molecule has 1 heterocycles. The van der Waals surface area contributed by atoms with Gasteiger partial charge in [0, 0.05) is 10.0 Å². The van der Waals surface area contributed by atoms with Crippen molar-refractivity contribution >= 4 is 60.6 Å². The molecule has 0 aliphatic heterocycles. The largest absolute Gasteiger partial charge is 0.288 e. The highest BCUT2D eigenvalue weighted by atomic mass is 79.9. The number of carbonyl (C=O) groups is 1. The van der Waals surface area contributed by atoms with Gasteiger partial charge in [-0.1, -0.05) is 27.5 Å². The minimum Gasteiger partial charge on any atom is -0.288 e. The predicted molar refractivity (Wildman–Crippen MR) is 74.6 cm³/mol. The SMILES string of the molecule is O=C(c1ccc(Br)s1)c1ccc(Br)cc1Cl. The lowest BCUT2D eigenvalue weighted by Crippen LogP contribution is -1.99. The van der Waals surface area contributed by atoms with Crippen molar-refractivity contribution in [3.63, 3.8) is 0 Å². The van der Waals surface area contributed by atoms with Crippen molar-refractivity contribution in [2.75, 3.05) is 0 Å². The molecule has 0 bridgehead atoms. The summed E-state index contributed by atoms with van der Waals surface area (Å²) in [5.74, 6) is -0.0480. The fourth-order valence-electron chi connectivity index (χ4n) is 1.24. The summed E-state index contributed by atoms with van der Waals surface area (Å²) in [6.45, 7) is 0. The Morgan fingerprint density at radius 2 is 1.94 bits per heavy atom. The Morgan fingerprint density at radius 3 is 2.50 bits per heavy atom. The molecule has 0 N–H and O–H groups in total. The van der Waals surface area contributed by atoms with E-state index in [-0.39, 0.29) is 5.78 Å². The highest BCUT2D eigenvalue weighted by Crippen LogP contribution is 2.28. The maximum Gasteiger partial charge on any atom is 0.204 e. The Balaban J connectivity index is 2.41. The molecule has 0 aliphatic rings. The maximum absolute atomic E-state index is 12.1. The zero-order valence-electron chi connectivity index (χ0n) is 7.84. The van der Waals surface area contributed by atoms with Gasteiger partial charge in [0.25, 0.3) is 0 Å². The predicted octanol–water partition coefficient (Wildman–Crippen LogP) is 5.16. The van der Waals surface area contributed by atoms with Gasteiger partial charge in [-0.05, 0) is 46.3 Å². The fourth-order valence-corrected chi connectivity index (χ4v) is 3.34. The Labute approximate surface area is 119 Å². The molecule has 0 radical (unpaired) electrons. The summed E-state index contributed by atoms with van der Waals surface area (Å²) in [5.41, 5.74) is 0.527. The van der Waals surface area contributed by atoms with Gasteiger partial charge < -0.3 is 0 Å². The Hall–Kier alpha value is -0.160. The molecule has 1 aromatic carbocycles. The molecule has 5 heteroatoms. The number of carbonyl (C=O) groups excluding carboxylic acids is 1. The topological polar surface area (TPSA) is 17.1 Å². The lowest BCUT2D eigenvalue weighted by atomic mass is 10.1. The van der Waals surface area contributed by atoms with Crippen molar-refractivity contribution in [1.29, 1.82) is 0 Å². The van der Waals surface area contributed by atoms with Gasteiger partial charge in [0.15, 0.2) is 0 Å². The summed E-state index contributed by atoms with van der Waals surface area (Å²) in [5, 5.41) is 0.462. The summed E-state index contributed by atoms with van der Waals surface area (Å²) < 4.78 is 1.80. The van der Waals surface area contributed by atoms with Crippen LogP contribution in [0.25, 0.3) is 0 Å². The molecule has 0 spiro atoms. The first-order valence-electron chi connectivity index (χ1n) is 4.33. The Morgan fingerprint density at radius 1 is 1.19 bits per heavy atom. The van der Waals surface area contributed by atoms with E-state index in [9.17, 15) is 4.79 Å². The van der Waals surface area contributed by atoms with E-state index in [0.29, 0.717) is 15.5 Å². The van der Waals surface area contributed by atoms with E-state index in [1.54, 1.807) is 18.2 Å². The lowest BCUT2D eigenvalue weighted by Gasteiger charge is -2.01. The number of hydrogen-bond acceptors (Lipinski definition) is 2. The van der Waals surface area contributed by atoms with Crippen LogP contribution in [-0.4, -0.2) is 5.78 Å². The first kappa shape index (κ1) is 12.3. The number of thiophene rings is 1. The molecule has 0 unspecified atom stereocenters. The van der Waals surface area contributed by atoms with E-state index >= 15 is 0 Å². The summed E-state index contributed by atoms with van der Waals surface area (Å²) >= 11 is 14.1. The molecule has 0 saturated carbocycles. The van der Waals surface area contributed by atoms with Gasteiger partial charge in [0.2, 0.25) is 5.78 Å². The molecule has 1 nitrogen and oxygen atoms in total. The van der Waals surface area contributed by atoms with Crippen molar-refractivity contribution in [2.45, 2.75) is 0 Å². The average Bonchev–Trinajstić information content (AvgIpc) is 2.64. The summed E-state index contributed by atoms with van der Waals surface area (Å²) in [6.07, 6.45) is 0. The number of hydrogen-bond donors (Lipinski definition) is 0. The van der Waals surface area contributed by atoms with Gasteiger partial charge in [-0.25, -0.2) is 0 Å². The van der Waals surface area contributed by atoms with Crippen LogP contribution in [0.4, 0.5) is 0 Å². The number of rotatable bonds is 2. The van der Waals surface area contributed by atoms with E-state index < -0.39 is 0 Å². The van der Waals surface area contributed by atoms with E-state index in [1.807, 2.05) is 12.1 Å². The van der Waals surface area contributed by atoms with Crippen LogP contribution < -0.4 is 0 Å². The zero-order valence-corrected chi connectivity index (χ0v) is 12.6. The van der Waals surface area contributed by atoms with Crippen LogP contribution in [0.15, 0.2) is 38.6 Å². The number of ketones is 1. The first-order chi connectivity index (χ1) is 7.58. The lowest BCUT2D eigenvalue weighted by molar-refractivity contribution is 0.104. The molecule has 0 fully saturated rings. The second-order valence-corrected chi connectivity index (χ2v) is 6.84. The smallest absolute Gasteiger partial charge is 0.204 e. The van der Waals surface area contributed by atoms with Crippen molar-refractivity contribution in [1.82, 2.24) is 0 Å². The standard InChI is InChI=1S/C11H5Br2ClOS/c12-6-1-2-7(8(14)5-6)11(15)9-3-4-10(13)16-9/h1-5H. The molecule has 0 saturated heterocycles. The molecule has 1 aromatic heterocycles. The van der Waals surface area contributed by atoms with Gasteiger partial charge in [-0.3, -0.25) is 4.79 Å². The molecule has 0 amide bonds. The zero-order chi connectivity index (χ0) is 11.7. The molecule has 16 heavy (non-hydrogen) atoms. The molecule has 2 rings (SSSR count). The Bertz CT molecular complexity index is 551. The normalized spacial score (nSPS) is 10.4. The summed E-state index contributed by atoms with van der Waals surface area (Å²) in [4.78, 5) is 12.8. The van der Waals surface area contributed by atoms with Gasteiger partial charge in [-0.2, -0.15) is 0 Å². The third-order valence-electron chi connectivity index (χ3n) is 1.97. The third-order valence-corrected chi connectivity index (χ3v) is 4.40. The number of benzene rings is 1. The van der Waals surface area contributed by atoms with E-state index in [2.05, 4.69) is 31.9 Å². The minimum atomic E-state index is -0.0480. The van der Waals surface area contributed by atoms with Crippen LogP contribution in [0.2, 0.25) is 5.02 Å². The van der Waals surface area contributed by atoms with E-state index in [0.717, 1.165) is 8.26 Å². The van der Waals surface area contributed by atoms with Crippen LogP contribution in [0.1, 0.15) is 15.2 Å². The van der Waals surface area contributed by atoms with Crippen LogP contribution in [0, 0.1) is 0 Å². The minimum absolute atomic E-state index is 0.0480. The second-order valence-electron chi connectivity index (χ2n) is 3.06. The van der Waals surface area contributed by atoms with Gasteiger partial charge in [0.05, 0.1) is 13.7 Å². The summed E-state index contributed by atoms with van der Waals surface area (Å²) in [6, 6.07) is 8.89. The average molecular weight is 380 g/mol. The van der Waals surface area contributed by atoms with Gasteiger partial charge >= 0.3 is 0 Å². The van der Waals surface area contributed by atoms with Crippen molar-refractivity contribution < 1.29 is 4.79 Å². The molecule has 82 valence electrons. The van der Waals surface area contributed by atoms with Crippen LogP contribution in [0.5, 0.6) is 0 Å². The second kappa shape index (κ2) is 5.00. The van der Waals surface area contributed by atoms with Gasteiger partial charge in [-0.15, -0.1) is 11.3 Å². The van der Waals surface area contributed by atoms with Gasteiger partial charge in [0.1, 0.15) is 0 Å². The Kier molecular flexibility index (Phi) is 3.85. The van der Waals surface area contributed by atoms with Crippen molar-refractivity contribution in [2.24, 2.45) is 0 Å². The maximum atomic E-state index is 12.1. The van der Waals surface area contributed by atoms with Crippen molar-refractivity contribution in [3.05, 3.63) is 54.1 Å². The fraction of sp³-hybridized carbons (Fsp3) is 0. The highest BCUT2D eigenvalue weighted by Gasteiger charge is 2.14. The molecule has 0 atom stereocenters. The molecule has 2 aromatic rings. The quantitative estimate of drug-likeness (QED) is 0.658. The molecule has 0 aliphatic carbocycles. The van der Waals surface area contributed by atoms with Crippen LogP contribution in [0.3, 0.4) is 0 Å². The van der Waals surface area contributed by atoms with E-state index in [4.69, 9.17) is 11.6 Å². The number of halogens is 3. The molecular formula is C11H5Br2ClOS. The third kappa shape index (κ3) is 2.56.